The van der Waals surface area contributed by atoms with Crippen LogP contribution in [0.25, 0.3) is 77.9 Å². The second-order valence-corrected chi connectivity index (χ2v) is 10.7. The van der Waals surface area contributed by atoms with Crippen LogP contribution >= 0.6 is 0 Å². The summed E-state index contributed by atoms with van der Waals surface area (Å²) in [4.78, 5) is 9.35. The minimum Gasteiger partial charge on any atom is -0.420 e. The lowest BCUT2D eigenvalue weighted by atomic mass is 10.1. The van der Waals surface area contributed by atoms with Gasteiger partial charge in [-0.15, -0.1) is 0 Å². The van der Waals surface area contributed by atoms with Crippen LogP contribution in [-0.4, -0.2) is 19.1 Å². The van der Waals surface area contributed by atoms with Gasteiger partial charge < -0.3 is 8.98 Å². The standard InChI is InChI=1S/C38H24N4O/c1-4-16-33-30(14-1)31-20-19-26(23-36(31)41(33)27-11-9-10-25(22-27)32-15-7-8-21-39-32)38-40-24-37(43-38)42-34-17-5-2-12-28(34)29-13-3-6-18-35(29)42/h1-24H. The van der Waals surface area contributed by atoms with Crippen LogP contribution in [0.4, 0.5) is 0 Å². The summed E-state index contributed by atoms with van der Waals surface area (Å²) in [5.74, 6) is 1.27. The van der Waals surface area contributed by atoms with Crippen molar-refractivity contribution in [2.24, 2.45) is 0 Å². The van der Waals surface area contributed by atoms with E-state index in [1.807, 2.05) is 30.6 Å². The Morgan fingerprint density at radius 1 is 0.465 bits per heavy atom. The van der Waals surface area contributed by atoms with E-state index in [2.05, 4.69) is 129 Å². The average molecular weight is 553 g/mol. The van der Waals surface area contributed by atoms with Crippen LogP contribution in [0.2, 0.25) is 0 Å². The Hall–Kier alpha value is -5.94. The second-order valence-electron chi connectivity index (χ2n) is 10.7. The van der Waals surface area contributed by atoms with Crippen molar-refractivity contribution in [2.75, 3.05) is 0 Å². The van der Waals surface area contributed by atoms with Gasteiger partial charge in [-0.2, -0.15) is 0 Å². The van der Waals surface area contributed by atoms with E-state index >= 15 is 0 Å². The van der Waals surface area contributed by atoms with Gasteiger partial charge in [-0.05, 0) is 54.6 Å². The van der Waals surface area contributed by atoms with Crippen molar-refractivity contribution in [2.45, 2.75) is 0 Å². The maximum absolute atomic E-state index is 6.51. The Kier molecular flexibility index (Phi) is 5.13. The topological polar surface area (TPSA) is 48.8 Å². The van der Waals surface area contributed by atoms with E-state index in [0.717, 1.165) is 44.6 Å². The molecule has 5 heteroatoms. The first kappa shape index (κ1) is 23.7. The number of fused-ring (bicyclic) bond motifs is 6. The molecule has 9 aromatic rings. The SMILES string of the molecule is c1ccc(-c2cccc(-n3c4ccccc4c4ccc(-c5ncc(-n6c7ccccc7c7ccccc76)o5)cc43)c2)nc1. The van der Waals surface area contributed by atoms with E-state index in [0.29, 0.717) is 11.8 Å². The van der Waals surface area contributed by atoms with E-state index in [9.17, 15) is 0 Å². The summed E-state index contributed by atoms with van der Waals surface area (Å²) >= 11 is 0. The highest BCUT2D eigenvalue weighted by Crippen LogP contribution is 2.37. The van der Waals surface area contributed by atoms with Gasteiger partial charge in [0, 0.05) is 44.6 Å². The van der Waals surface area contributed by atoms with E-state index in [1.54, 1.807) is 0 Å². The Balaban J connectivity index is 1.22. The number of oxazole rings is 1. The first-order valence-corrected chi connectivity index (χ1v) is 14.3. The quantitative estimate of drug-likeness (QED) is 0.218. The van der Waals surface area contributed by atoms with Crippen LogP contribution in [0.5, 0.6) is 0 Å². The summed E-state index contributed by atoms with van der Waals surface area (Å²) < 4.78 is 11.0. The van der Waals surface area contributed by atoms with Crippen LogP contribution in [0, 0.1) is 0 Å². The molecule has 0 N–H and O–H groups in total. The van der Waals surface area contributed by atoms with Gasteiger partial charge in [-0.1, -0.05) is 78.9 Å². The monoisotopic (exact) mass is 552 g/mol. The molecule has 0 radical (unpaired) electrons. The molecule has 0 unspecified atom stereocenters. The molecule has 0 aliphatic rings. The lowest BCUT2D eigenvalue weighted by molar-refractivity contribution is 0.554. The fourth-order valence-corrected chi connectivity index (χ4v) is 6.38. The van der Waals surface area contributed by atoms with Crippen molar-refractivity contribution in [3.8, 4) is 34.3 Å². The number of rotatable bonds is 4. The van der Waals surface area contributed by atoms with Crippen LogP contribution in [0.3, 0.4) is 0 Å². The number of pyridine rings is 1. The summed E-state index contributed by atoms with van der Waals surface area (Å²) in [5, 5.41) is 4.76. The maximum Gasteiger partial charge on any atom is 0.228 e. The van der Waals surface area contributed by atoms with Gasteiger partial charge in [0.2, 0.25) is 11.8 Å². The number of hydrogen-bond donors (Lipinski definition) is 0. The van der Waals surface area contributed by atoms with Gasteiger partial charge in [-0.25, -0.2) is 4.98 Å². The van der Waals surface area contributed by atoms with Crippen LogP contribution in [0.1, 0.15) is 0 Å². The highest BCUT2D eigenvalue weighted by atomic mass is 16.4. The van der Waals surface area contributed by atoms with E-state index in [4.69, 9.17) is 9.40 Å². The van der Waals surface area contributed by atoms with E-state index in [-0.39, 0.29) is 0 Å². The number of hydrogen-bond acceptors (Lipinski definition) is 3. The summed E-state index contributed by atoms with van der Waals surface area (Å²) in [5.41, 5.74) is 8.44. The highest BCUT2D eigenvalue weighted by Gasteiger charge is 2.18. The first-order valence-electron chi connectivity index (χ1n) is 14.3. The molecule has 4 heterocycles. The molecule has 0 spiro atoms. The Bertz CT molecular complexity index is 2410. The summed E-state index contributed by atoms with van der Waals surface area (Å²) in [6, 6.07) is 46.4. The van der Waals surface area contributed by atoms with Crippen molar-refractivity contribution in [1.82, 2.24) is 19.1 Å². The molecule has 5 aromatic carbocycles. The fraction of sp³-hybridized carbons (Fsp3) is 0. The zero-order valence-corrected chi connectivity index (χ0v) is 23.1. The maximum atomic E-state index is 6.51. The van der Waals surface area contributed by atoms with Crippen molar-refractivity contribution in [3.63, 3.8) is 0 Å². The minimum atomic E-state index is 0.581. The molecule has 0 fully saturated rings. The van der Waals surface area contributed by atoms with Gasteiger partial charge in [0.25, 0.3) is 0 Å². The Labute approximate surface area is 246 Å². The Morgan fingerprint density at radius 3 is 1.81 bits per heavy atom. The molecule has 0 amide bonds. The van der Waals surface area contributed by atoms with Gasteiger partial charge in [0.05, 0.1) is 34.0 Å². The predicted octanol–water partition coefficient (Wildman–Crippen LogP) is 9.60. The zero-order valence-electron chi connectivity index (χ0n) is 23.1. The fourth-order valence-electron chi connectivity index (χ4n) is 6.38. The third-order valence-corrected chi connectivity index (χ3v) is 8.28. The number of para-hydroxylation sites is 3. The summed E-state index contributed by atoms with van der Waals surface area (Å²) in [7, 11) is 0. The first-order chi connectivity index (χ1) is 21.3. The van der Waals surface area contributed by atoms with Crippen LogP contribution in [-0.2, 0) is 0 Å². The number of aromatic nitrogens is 4. The van der Waals surface area contributed by atoms with Gasteiger partial charge in [0.15, 0.2) is 0 Å². The molecule has 9 rings (SSSR count). The number of benzene rings is 5. The molecule has 0 aliphatic heterocycles. The predicted molar refractivity (Wildman–Crippen MR) is 174 cm³/mol. The molecule has 4 aromatic heterocycles. The van der Waals surface area contributed by atoms with Gasteiger partial charge >= 0.3 is 0 Å². The molecule has 0 saturated heterocycles. The minimum absolute atomic E-state index is 0.581. The Morgan fingerprint density at radius 2 is 1.12 bits per heavy atom. The van der Waals surface area contributed by atoms with Crippen molar-refractivity contribution < 1.29 is 4.42 Å². The second kappa shape index (κ2) is 9.29. The van der Waals surface area contributed by atoms with E-state index in [1.165, 1.54) is 21.5 Å². The normalized spacial score (nSPS) is 11.7. The van der Waals surface area contributed by atoms with Crippen LogP contribution < -0.4 is 0 Å². The molecule has 0 aliphatic carbocycles. The molecule has 5 nitrogen and oxygen atoms in total. The van der Waals surface area contributed by atoms with E-state index < -0.39 is 0 Å². The largest absolute Gasteiger partial charge is 0.420 e. The molecular formula is C38H24N4O. The van der Waals surface area contributed by atoms with Crippen LogP contribution in [0.15, 0.2) is 150 Å². The van der Waals surface area contributed by atoms with Gasteiger partial charge in [0.1, 0.15) is 0 Å². The summed E-state index contributed by atoms with van der Waals surface area (Å²) in [6.45, 7) is 0. The number of nitrogens with zero attached hydrogens (tertiary/aromatic N) is 4. The highest BCUT2D eigenvalue weighted by molar-refractivity contribution is 6.10. The molecular weight excluding hydrogens is 528 g/mol. The van der Waals surface area contributed by atoms with Crippen molar-refractivity contribution in [1.29, 1.82) is 0 Å². The lowest BCUT2D eigenvalue weighted by Crippen LogP contribution is -1.95. The average Bonchev–Trinajstić information content (AvgIpc) is 3.78. The molecule has 0 bridgehead atoms. The zero-order chi connectivity index (χ0) is 28.3. The lowest BCUT2D eigenvalue weighted by Gasteiger charge is -2.10. The smallest absolute Gasteiger partial charge is 0.228 e. The molecule has 43 heavy (non-hydrogen) atoms. The molecule has 0 saturated carbocycles. The van der Waals surface area contributed by atoms with Crippen molar-refractivity contribution in [3.05, 3.63) is 146 Å². The van der Waals surface area contributed by atoms with Gasteiger partial charge in [-0.3, -0.25) is 9.55 Å². The molecule has 202 valence electrons. The van der Waals surface area contributed by atoms with Crippen molar-refractivity contribution >= 4 is 43.6 Å². The third-order valence-electron chi connectivity index (χ3n) is 8.28. The molecule has 0 atom stereocenters. The third kappa shape index (κ3) is 3.65. The summed E-state index contributed by atoms with van der Waals surface area (Å²) in [6.07, 6.45) is 3.66.